The maximum Gasteiger partial charge on any atom is 0.472 e. The summed E-state index contributed by atoms with van der Waals surface area (Å²) in [6, 6.07) is 0. The number of phosphoric acid groups is 1. The fourth-order valence-electron chi connectivity index (χ4n) is 5.00. The Balaban J connectivity index is 4.51. The van der Waals surface area contributed by atoms with Crippen molar-refractivity contribution in [3.63, 3.8) is 0 Å². The van der Waals surface area contributed by atoms with Gasteiger partial charge >= 0.3 is 19.8 Å². The molecule has 1 N–H and O–H groups in total. The Bertz CT molecular complexity index is 1090. The van der Waals surface area contributed by atoms with Crippen LogP contribution < -0.4 is 0 Å². The average Bonchev–Trinajstić information content (AvgIpc) is 3.10. The molecule has 1 unspecified atom stereocenters. The van der Waals surface area contributed by atoms with Gasteiger partial charge in [0, 0.05) is 12.8 Å². The number of quaternary nitrogens is 1. The van der Waals surface area contributed by atoms with E-state index >= 15 is 0 Å². The summed E-state index contributed by atoms with van der Waals surface area (Å²) in [5.41, 5.74) is 0. The van der Waals surface area contributed by atoms with Gasteiger partial charge in [0.05, 0.1) is 27.7 Å². The standard InChI is InChI=1S/C43H76NO8P/c1-6-8-10-12-14-16-18-20-21-22-23-24-26-27-29-31-33-35-42(45)49-39-41(40-51-53(47,48)50-38-37-44(3,4)5)52-43(46)36-34-32-30-28-25-19-17-15-13-11-9-7-2/h14-17,20-21,23-24,27,29,41H,6-13,18-19,22,25-26,28,30-40H2,1-5H3/p+1/b16-14+,17-15+,21-20+,24-23+,29-27+/t41-/m0/s1. The Morgan fingerprint density at radius 3 is 1.58 bits per heavy atom. The molecule has 0 saturated carbocycles. The third kappa shape index (κ3) is 39.2. The summed E-state index contributed by atoms with van der Waals surface area (Å²) in [4.78, 5) is 35.2. The largest absolute Gasteiger partial charge is 0.472 e. The SMILES string of the molecule is CCCCC/C=C/C/C=C/C/C=C/C/C=C/CCCC(=O)OC[C@@H](COP(=O)(O)OCC[N+](C)(C)C)OC(=O)CCCCCCC/C=C/CCCCC. The fourth-order valence-corrected chi connectivity index (χ4v) is 5.74. The number of carbonyl (C=O) groups excluding carboxylic acids is 2. The van der Waals surface area contributed by atoms with E-state index in [1.54, 1.807) is 0 Å². The van der Waals surface area contributed by atoms with E-state index < -0.39 is 32.5 Å². The highest BCUT2D eigenvalue weighted by atomic mass is 31.2. The Morgan fingerprint density at radius 2 is 1.04 bits per heavy atom. The molecular formula is C43H77NO8P+. The van der Waals surface area contributed by atoms with E-state index in [4.69, 9.17) is 18.5 Å². The molecule has 0 amide bonds. The van der Waals surface area contributed by atoms with Gasteiger partial charge in [0.15, 0.2) is 6.10 Å². The summed E-state index contributed by atoms with van der Waals surface area (Å²) in [5.74, 6) is -0.881. The maximum atomic E-state index is 12.6. The normalized spacial score (nSPS) is 14.3. The van der Waals surface area contributed by atoms with Crippen molar-refractivity contribution in [2.24, 2.45) is 0 Å². The van der Waals surface area contributed by atoms with Crippen LogP contribution in [0, 0.1) is 0 Å². The van der Waals surface area contributed by atoms with Gasteiger partial charge in [-0.15, -0.1) is 0 Å². The van der Waals surface area contributed by atoms with Crippen LogP contribution in [-0.4, -0.2) is 74.9 Å². The van der Waals surface area contributed by atoms with Gasteiger partial charge in [-0.3, -0.25) is 18.6 Å². The van der Waals surface area contributed by atoms with E-state index in [1.807, 2.05) is 21.1 Å². The van der Waals surface area contributed by atoms with E-state index in [1.165, 1.54) is 44.9 Å². The summed E-state index contributed by atoms with van der Waals surface area (Å²) in [6.45, 7) is 4.27. The van der Waals surface area contributed by atoms with Crippen molar-refractivity contribution in [3.8, 4) is 0 Å². The molecule has 0 spiro atoms. The number of nitrogens with zero attached hydrogens (tertiary/aromatic N) is 1. The van der Waals surface area contributed by atoms with Crippen molar-refractivity contribution in [1.82, 2.24) is 0 Å². The number of esters is 2. The second kappa shape index (κ2) is 35.4. The van der Waals surface area contributed by atoms with Crippen LogP contribution in [0.15, 0.2) is 60.8 Å². The number of unbranched alkanes of at least 4 members (excludes halogenated alkanes) is 12. The maximum absolute atomic E-state index is 12.6. The highest BCUT2D eigenvalue weighted by Gasteiger charge is 2.27. The lowest BCUT2D eigenvalue weighted by atomic mass is 10.1. The van der Waals surface area contributed by atoms with E-state index in [0.717, 1.165) is 64.2 Å². The lowest BCUT2D eigenvalue weighted by Crippen LogP contribution is -2.37. The van der Waals surface area contributed by atoms with E-state index in [2.05, 4.69) is 74.6 Å². The summed E-state index contributed by atoms with van der Waals surface area (Å²) in [7, 11) is 1.43. The third-order valence-corrected chi connectivity index (χ3v) is 9.25. The number of hydrogen-bond acceptors (Lipinski definition) is 7. The number of allylic oxidation sites excluding steroid dienone is 10. The minimum atomic E-state index is -4.39. The van der Waals surface area contributed by atoms with E-state index in [9.17, 15) is 19.0 Å². The Hall–Kier alpha value is -2.29. The molecule has 0 saturated heterocycles. The molecule has 0 aliphatic carbocycles. The minimum Gasteiger partial charge on any atom is -0.462 e. The molecule has 0 bridgehead atoms. The van der Waals surface area contributed by atoms with Crippen LogP contribution in [0.25, 0.3) is 0 Å². The van der Waals surface area contributed by atoms with Crippen molar-refractivity contribution in [1.29, 1.82) is 0 Å². The quantitative estimate of drug-likeness (QED) is 0.0221. The number of rotatable bonds is 36. The first-order chi connectivity index (χ1) is 25.5. The molecular weight excluding hydrogens is 689 g/mol. The molecule has 0 aromatic rings. The van der Waals surface area contributed by atoms with Crippen LogP contribution in [0.2, 0.25) is 0 Å². The van der Waals surface area contributed by atoms with Crippen LogP contribution in [0.5, 0.6) is 0 Å². The second-order valence-electron chi connectivity index (χ2n) is 14.7. The molecule has 0 fully saturated rings. The smallest absolute Gasteiger partial charge is 0.462 e. The first kappa shape index (κ1) is 50.7. The Labute approximate surface area is 324 Å². The van der Waals surface area contributed by atoms with Gasteiger partial charge in [0.25, 0.3) is 0 Å². The van der Waals surface area contributed by atoms with Crippen LogP contribution in [0.1, 0.15) is 149 Å². The van der Waals surface area contributed by atoms with Gasteiger partial charge in [-0.1, -0.05) is 120 Å². The molecule has 2 atom stereocenters. The van der Waals surface area contributed by atoms with E-state index in [0.29, 0.717) is 23.9 Å². The van der Waals surface area contributed by atoms with E-state index in [-0.39, 0.29) is 26.1 Å². The molecule has 0 rings (SSSR count). The molecule has 0 aliphatic heterocycles. The summed E-state index contributed by atoms with van der Waals surface area (Å²) < 4.78 is 34.1. The monoisotopic (exact) mass is 767 g/mol. The fraction of sp³-hybridized carbons (Fsp3) is 0.721. The van der Waals surface area contributed by atoms with Crippen LogP contribution in [-0.2, 0) is 32.7 Å². The summed E-state index contributed by atoms with van der Waals surface area (Å²) in [5, 5.41) is 0. The molecule has 9 nitrogen and oxygen atoms in total. The van der Waals surface area contributed by atoms with Crippen molar-refractivity contribution >= 4 is 19.8 Å². The molecule has 10 heteroatoms. The average molecular weight is 767 g/mol. The zero-order chi connectivity index (χ0) is 39.3. The lowest BCUT2D eigenvalue weighted by Gasteiger charge is -2.24. The van der Waals surface area contributed by atoms with Gasteiger partial charge in [0.1, 0.15) is 19.8 Å². The predicted octanol–water partition coefficient (Wildman–Crippen LogP) is 11.3. The predicted molar refractivity (Wildman–Crippen MR) is 219 cm³/mol. The number of phosphoric ester groups is 1. The van der Waals surface area contributed by atoms with Gasteiger partial charge in [-0.25, -0.2) is 4.57 Å². The summed E-state index contributed by atoms with van der Waals surface area (Å²) in [6.07, 6.45) is 41.3. The molecule has 0 heterocycles. The van der Waals surface area contributed by atoms with Crippen LogP contribution in [0.3, 0.4) is 0 Å². The number of ether oxygens (including phenoxy) is 2. The molecule has 306 valence electrons. The summed E-state index contributed by atoms with van der Waals surface area (Å²) >= 11 is 0. The zero-order valence-corrected chi connectivity index (χ0v) is 35.1. The van der Waals surface area contributed by atoms with Gasteiger partial charge in [-0.05, 0) is 77.0 Å². The number of likely N-dealkylation sites (N-methyl/N-ethyl adjacent to an activating group) is 1. The number of hydrogen-bond donors (Lipinski definition) is 1. The van der Waals surface area contributed by atoms with Gasteiger partial charge in [-0.2, -0.15) is 0 Å². The van der Waals surface area contributed by atoms with Crippen molar-refractivity contribution in [2.45, 2.75) is 155 Å². The van der Waals surface area contributed by atoms with Crippen LogP contribution >= 0.6 is 7.82 Å². The zero-order valence-electron chi connectivity index (χ0n) is 34.2. The molecule has 53 heavy (non-hydrogen) atoms. The first-order valence-electron chi connectivity index (χ1n) is 20.5. The molecule has 0 aliphatic rings. The van der Waals surface area contributed by atoms with Crippen LogP contribution in [0.4, 0.5) is 0 Å². The van der Waals surface area contributed by atoms with Gasteiger partial charge in [0.2, 0.25) is 0 Å². The Morgan fingerprint density at radius 1 is 0.585 bits per heavy atom. The van der Waals surface area contributed by atoms with Crippen molar-refractivity contribution in [2.75, 3.05) is 47.5 Å². The Kier molecular flexibility index (Phi) is 33.9. The van der Waals surface area contributed by atoms with Crippen molar-refractivity contribution in [3.05, 3.63) is 60.8 Å². The lowest BCUT2D eigenvalue weighted by molar-refractivity contribution is -0.870. The second-order valence-corrected chi connectivity index (χ2v) is 16.1. The third-order valence-electron chi connectivity index (χ3n) is 8.27. The van der Waals surface area contributed by atoms with Crippen molar-refractivity contribution < 1.29 is 42.1 Å². The number of carbonyl (C=O) groups is 2. The molecule has 0 aromatic carbocycles. The minimum absolute atomic E-state index is 0.0193. The van der Waals surface area contributed by atoms with Gasteiger partial charge < -0.3 is 18.9 Å². The highest BCUT2D eigenvalue weighted by molar-refractivity contribution is 7.47. The topological polar surface area (TPSA) is 108 Å². The molecule has 0 aromatic heterocycles. The highest BCUT2D eigenvalue weighted by Crippen LogP contribution is 2.43. The first-order valence-corrected chi connectivity index (χ1v) is 22.0. The molecule has 0 radical (unpaired) electrons.